The molecule has 2 nitrogen and oxygen atoms in total. The van der Waals surface area contributed by atoms with Crippen LogP contribution in [0.2, 0.25) is 0 Å². The molecule has 14 heavy (non-hydrogen) atoms. The first kappa shape index (κ1) is 9.37. The highest BCUT2D eigenvalue weighted by Gasteiger charge is 2.05. The predicted molar refractivity (Wildman–Crippen MR) is 60.2 cm³/mol. The van der Waals surface area contributed by atoms with Gasteiger partial charge in [-0.15, -0.1) is 11.3 Å². The third-order valence-corrected chi connectivity index (χ3v) is 3.04. The summed E-state index contributed by atoms with van der Waals surface area (Å²) in [6.45, 7) is 2.63. The number of benzene rings is 1. The third kappa shape index (κ3) is 1.69. The number of thiazole rings is 1. The van der Waals surface area contributed by atoms with Gasteiger partial charge in [0.25, 0.3) is 0 Å². The molecule has 0 atom stereocenters. The van der Waals surface area contributed by atoms with E-state index in [1.807, 2.05) is 24.4 Å². The van der Waals surface area contributed by atoms with Crippen LogP contribution >= 0.6 is 11.3 Å². The molecule has 0 aliphatic rings. The Morgan fingerprint density at radius 2 is 2.14 bits per heavy atom. The summed E-state index contributed by atoms with van der Waals surface area (Å²) in [6.07, 6.45) is 1.90. The van der Waals surface area contributed by atoms with Crippen LogP contribution in [0, 0.1) is 6.92 Å². The molecule has 1 heterocycles. The van der Waals surface area contributed by atoms with Gasteiger partial charge in [0.05, 0.1) is 0 Å². The Bertz CT molecular complexity index is 434. The van der Waals surface area contributed by atoms with Crippen LogP contribution in [0.5, 0.6) is 0 Å². The van der Waals surface area contributed by atoms with Crippen molar-refractivity contribution in [2.45, 2.75) is 13.5 Å². The van der Waals surface area contributed by atoms with Crippen LogP contribution in [0.1, 0.15) is 10.4 Å². The summed E-state index contributed by atoms with van der Waals surface area (Å²) in [7, 11) is 0. The monoisotopic (exact) mass is 204 g/mol. The molecule has 2 N–H and O–H groups in total. The molecule has 0 bridgehead atoms. The van der Waals surface area contributed by atoms with Crippen LogP contribution in [-0.2, 0) is 6.54 Å². The van der Waals surface area contributed by atoms with Crippen molar-refractivity contribution in [1.29, 1.82) is 0 Å². The highest BCUT2D eigenvalue weighted by Crippen LogP contribution is 2.27. The van der Waals surface area contributed by atoms with E-state index in [1.54, 1.807) is 11.3 Å². The Balaban J connectivity index is 2.50. The van der Waals surface area contributed by atoms with Crippen LogP contribution in [0.3, 0.4) is 0 Å². The van der Waals surface area contributed by atoms with Crippen LogP contribution in [0.4, 0.5) is 0 Å². The molecule has 0 radical (unpaired) electrons. The van der Waals surface area contributed by atoms with Crippen molar-refractivity contribution in [3.8, 4) is 10.6 Å². The van der Waals surface area contributed by atoms with Crippen molar-refractivity contribution in [1.82, 2.24) is 4.98 Å². The van der Waals surface area contributed by atoms with Gasteiger partial charge in [0.15, 0.2) is 0 Å². The van der Waals surface area contributed by atoms with Gasteiger partial charge in [-0.2, -0.15) is 0 Å². The lowest BCUT2D eigenvalue weighted by Gasteiger charge is -2.02. The van der Waals surface area contributed by atoms with Crippen LogP contribution in [0.25, 0.3) is 10.6 Å². The fourth-order valence-electron chi connectivity index (χ4n) is 1.39. The maximum Gasteiger partial charge on any atom is 0.123 e. The van der Waals surface area contributed by atoms with E-state index < -0.39 is 0 Å². The van der Waals surface area contributed by atoms with Gasteiger partial charge in [0, 0.05) is 23.2 Å². The minimum absolute atomic E-state index is 0.564. The smallest absolute Gasteiger partial charge is 0.123 e. The van der Waals surface area contributed by atoms with Gasteiger partial charge in [-0.3, -0.25) is 0 Å². The topological polar surface area (TPSA) is 38.9 Å². The van der Waals surface area contributed by atoms with E-state index in [-0.39, 0.29) is 0 Å². The quantitative estimate of drug-likeness (QED) is 0.816. The molecule has 3 heteroatoms. The lowest BCUT2D eigenvalue weighted by atomic mass is 10.1. The van der Waals surface area contributed by atoms with Gasteiger partial charge in [-0.1, -0.05) is 24.3 Å². The van der Waals surface area contributed by atoms with Crippen molar-refractivity contribution in [2.75, 3.05) is 0 Å². The standard InChI is InChI=1S/C11H12N2S/c1-8-7-13-11(14-8)10-5-3-2-4-9(10)6-12/h2-5,7H,6,12H2,1H3. The van der Waals surface area contributed by atoms with E-state index in [2.05, 4.69) is 18.0 Å². The second-order valence-electron chi connectivity index (χ2n) is 3.14. The maximum atomic E-state index is 5.67. The van der Waals surface area contributed by atoms with E-state index in [1.165, 1.54) is 4.88 Å². The number of hydrogen-bond acceptors (Lipinski definition) is 3. The SMILES string of the molecule is Cc1cnc(-c2ccccc2CN)s1. The fourth-order valence-corrected chi connectivity index (χ4v) is 2.21. The Labute approximate surface area is 87.4 Å². The molecule has 0 amide bonds. The highest BCUT2D eigenvalue weighted by molar-refractivity contribution is 7.14. The molecule has 2 rings (SSSR count). The predicted octanol–water partition coefficient (Wildman–Crippen LogP) is 2.58. The first-order valence-corrected chi connectivity index (χ1v) is 5.33. The zero-order valence-corrected chi connectivity index (χ0v) is 8.84. The third-order valence-electron chi connectivity index (χ3n) is 2.09. The molecule has 0 saturated heterocycles. The van der Waals surface area contributed by atoms with E-state index >= 15 is 0 Å². The van der Waals surface area contributed by atoms with E-state index in [9.17, 15) is 0 Å². The normalized spacial score (nSPS) is 10.4. The zero-order valence-electron chi connectivity index (χ0n) is 8.03. The summed E-state index contributed by atoms with van der Waals surface area (Å²) in [4.78, 5) is 5.59. The molecule has 1 aromatic carbocycles. The number of rotatable bonds is 2. The lowest BCUT2D eigenvalue weighted by molar-refractivity contribution is 1.07. The average molecular weight is 204 g/mol. The van der Waals surface area contributed by atoms with Gasteiger partial charge < -0.3 is 5.73 Å². The summed E-state index contributed by atoms with van der Waals surface area (Å²) >= 11 is 1.70. The Morgan fingerprint density at radius 3 is 2.79 bits per heavy atom. The van der Waals surface area contributed by atoms with E-state index in [0.717, 1.165) is 16.1 Å². The second kappa shape index (κ2) is 3.90. The van der Waals surface area contributed by atoms with Crippen LogP contribution < -0.4 is 5.73 Å². The minimum Gasteiger partial charge on any atom is -0.326 e. The van der Waals surface area contributed by atoms with Crippen molar-refractivity contribution in [3.05, 3.63) is 40.9 Å². The molecule has 0 aliphatic carbocycles. The summed E-state index contributed by atoms with van der Waals surface area (Å²) < 4.78 is 0. The molecule has 0 spiro atoms. The molecule has 0 saturated carbocycles. The fraction of sp³-hybridized carbons (Fsp3) is 0.182. The summed E-state index contributed by atoms with van der Waals surface area (Å²) in [6, 6.07) is 8.14. The van der Waals surface area contributed by atoms with Crippen molar-refractivity contribution in [2.24, 2.45) is 5.73 Å². The molecular weight excluding hydrogens is 192 g/mol. The van der Waals surface area contributed by atoms with Gasteiger partial charge in [0.1, 0.15) is 5.01 Å². The van der Waals surface area contributed by atoms with Gasteiger partial charge in [-0.25, -0.2) is 4.98 Å². The Morgan fingerprint density at radius 1 is 1.36 bits per heavy atom. The first-order valence-electron chi connectivity index (χ1n) is 4.52. The lowest BCUT2D eigenvalue weighted by Crippen LogP contribution is -1.98. The zero-order chi connectivity index (χ0) is 9.97. The van der Waals surface area contributed by atoms with Gasteiger partial charge >= 0.3 is 0 Å². The number of hydrogen-bond donors (Lipinski definition) is 1. The first-order chi connectivity index (χ1) is 6.81. The second-order valence-corrected chi connectivity index (χ2v) is 4.37. The van der Waals surface area contributed by atoms with Crippen molar-refractivity contribution < 1.29 is 0 Å². The maximum absolute atomic E-state index is 5.67. The number of aromatic nitrogens is 1. The van der Waals surface area contributed by atoms with Crippen molar-refractivity contribution in [3.63, 3.8) is 0 Å². The van der Waals surface area contributed by atoms with Gasteiger partial charge in [0.2, 0.25) is 0 Å². The highest BCUT2D eigenvalue weighted by atomic mass is 32.1. The molecule has 1 aromatic heterocycles. The Hall–Kier alpha value is -1.19. The molecule has 2 aromatic rings. The summed E-state index contributed by atoms with van der Waals surface area (Å²) in [5.41, 5.74) is 7.99. The van der Waals surface area contributed by atoms with Crippen LogP contribution in [0.15, 0.2) is 30.5 Å². The molecule has 0 aliphatic heterocycles. The average Bonchev–Trinajstić information content (AvgIpc) is 2.65. The van der Waals surface area contributed by atoms with Crippen LogP contribution in [-0.4, -0.2) is 4.98 Å². The molecule has 72 valence electrons. The van der Waals surface area contributed by atoms with Gasteiger partial charge in [-0.05, 0) is 12.5 Å². The largest absolute Gasteiger partial charge is 0.326 e. The molecular formula is C11H12N2S. The molecule has 0 fully saturated rings. The Kier molecular flexibility index (Phi) is 2.61. The summed E-state index contributed by atoms with van der Waals surface area (Å²) in [5, 5.41) is 1.06. The number of nitrogens with two attached hydrogens (primary N) is 1. The minimum atomic E-state index is 0.564. The number of aryl methyl sites for hydroxylation is 1. The number of nitrogens with zero attached hydrogens (tertiary/aromatic N) is 1. The summed E-state index contributed by atoms with van der Waals surface area (Å²) in [5.74, 6) is 0. The van der Waals surface area contributed by atoms with Crippen molar-refractivity contribution >= 4 is 11.3 Å². The van der Waals surface area contributed by atoms with E-state index in [0.29, 0.717) is 6.54 Å². The van der Waals surface area contributed by atoms with E-state index in [4.69, 9.17) is 5.73 Å². The molecule has 0 unspecified atom stereocenters.